The van der Waals surface area contributed by atoms with Crippen LogP contribution < -0.4 is 5.32 Å². The van der Waals surface area contributed by atoms with E-state index in [1.54, 1.807) is 32.3 Å². The first-order chi connectivity index (χ1) is 12.1. The van der Waals surface area contributed by atoms with Crippen LogP contribution in [0.25, 0.3) is 11.4 Å². The Hall–Kier alpha value is -3.22. The van der Waals surface area contributed by atoms with Gasteiger partial charge in [0.25, 0.3) is 0 Å². The summed E-state index contributed by atoms with van der Waals surface area (Å²) in [5, 5.41) is 7.52. The minimum absolute atomic E-state index is 0.317. The summed E-state index contributed by atoms with van der Waals surface area (Å²) >= 11 is 0. The molecule has 2 heterocycles. The lowest BCUT2D eigenvalue weighted by molar-refractivity contribution is 0.0513. The number of anilines is 2. The lowest BCUT2D eigenvalue weighted by atomic mass is 10.2. The smallest absolute Gasteiger partial charge is 0.356 e. The third kappa shape index (κ3) is 3.82. The molecule has 0 aliphatic rings. The van der Waals surface area contributed by atoms with E-state index in [9.17, 15) is 4.79 Å². The highest BCUT2D eigenvalue weighted by molar-refractivity contribution is 5.88. The first-order valence-corrected chi connectivity index (χ1v) is 7.95. The summed E-state index contributed by atoms with van der Waals surface area (Å²) in [6, 6.07) is 11.4. The third-order valence-electron chi connectivity index (χ3n) is 3.56. The predicted octanol–water partition coefficient (Wildman–Crippen LogP) is 3.11. The molecule has 3 aromatic rings. The Kier molecular flexibility index (Phi) is 4.74. The van der Waals surface area contributed by atoms with Crippen molar-refractivity contribution in [3.63, 3.8) is 0 Å². The Balaban J connectivity index is 1.86. The number of aromatic nitrogens is 4. The summed E-state index contributed by atoms with van der Waals surface area (Å²) in [7, 11) is 1.70. The minimum Gasteiger partial charge on any atom is -0.461 e. The summed E-state index contributed by atoms with van der Waals surface area (Å²) in [5.74, 6) is 0.0577. The maximum absolute atomic E-state index is 11.9. The van der Waals surface area contributed by atoms with Gasteiger partial charge in [0.05, 0.1) is 12.3 Å². The Labute approximate surface area is 145 Å². The predicted molar refractivity (Wildman–Crippen MR) is 94.7 cm³/mol. The molecule has 7 nitrogen and oxygen atoms in total. The zero-order valence-corrected chi connectivity index (χ0v) is 14.4. The Bertz CT molecular complexity index is 904. The highest BCUT2D eigenvalue weighted by Crippen LogP contribution is 2.20. The van der Waals surface area contributed by atoms with Crippen molar-refractivity contribution in [1.29, 1.82) is 0 Å². The Morgan fingerprint density at radius 1 is 1.24 bits per heavy atom. The molecular formula is C18H19N5O2. The number of nitrogens with one attached hydrogen (secondary N) is 1. The first kappa shape index (κ1) is 16.6. The molecule has 0 saturated heterocycles. The van der Waals surface area contributed by atoms with Gasteiger partial charge in [-0.2, -0.15) is 5.10 Å². The summed E-state index contributed by atoms with van der Waals surface area (Å²) in [6.07, 6.45) is 1.65. The molecular weight excluding hydrogens is 318 g/mol. The zero-order chi connectivity index (χ0) is 17.8. The number of esters is 1. The van der Waals surface area contributed by atoms with Crippen LogP contribution in [-0.2, 0) is 11.8 Å². The van der Waals surface area contributed by atoms with Crippen molar-refractivity contribution < 1.29 is 9.53 Å². The molecule has 0 aliphatic heterocycles. The minimum atomic E-state index is -0.407. The standard InChI is InChI=1S/C18H19N5O2/c1-4-25-17(24)16-11-15(22-23(16)3)14-8-9-19-18(21-14)20-13-7-5-6-12(2)10-13/h5-11H,4H2,1-3H3,(H,19,20,21). The summed E-state index contributed by atoms with van der Waals surface area (Å²) in [5.41, 5.74) is 3.63. The molecule has 25 heavy (non-hydrogen) atoms. The van der Waals surface area contributed by atoms with Gasteiger partial charge in [-0.25, -0.2) is 14.8 Å². The Morgan fingerprint density at radius 3 is 2.84 bits per heavy atom. The molecule has 3 rings (SSSR count). The van der Waals surface area contributed by atoms with Crippen LogP contribution in [0.1, 0.15) is 23.0 Å². The quantitative estimate of drug-likeness (QED) is 0.721. The number of rotatable bonds is 5. The van der Waals surface area contributed by atoms with Crippen LogP contribution in [0.4, 0.5) is 11.6 Å². The van der Waals surface area contributed by atoms with Crippen LogP contribution in [-0.4, -0.2) is 32.3 Å². The molecule has 1 aromatic carbocycles. The molecule has 0 atom stereocenters. The monoisotopic (exact) mass is 337 g/mol. The summed E-state index contributed by atoms with van der Waals surface area (Å²) < 4.78 is 6.52. The van der Waals surface area contributed by atoms with E-state index in [1.165, 1.54) is 4.68 Å². The maximum Gasteiger partial charge on any atom is 0.356 e. The van der Waals surface area contributed by atoms with Crippen LogP contribution >= 0.6 is 0 Å². The van der Waals surface area contributed by atoms with E-state index < -0.39 is 5.97 Å². The van der Waals surface area contributed by atoms with Crippen molar-refractivity contribution in [2.24, 2.45) is 7.05 Å². The van der Waals surface area contributed by atoms with Gasteiger partial charge in [-0.15, -0.1) is 0 Å². The molecule has 1 N–H and O–H groups in total. The topological polar surface area (TPSA) is 81.9 Å². The van der Waals surface area contributed by atoms with Gasteiger partial charge in [-0.3, -0.25) is 4.68 Å². The molecule has 0 spiro atoms. The molecule has 2 aromatic heterocycles. The maximum atomic E-state index is 11.9. The van der Waals surface area contributed by atoms with Gasteiger partial charge in [0, 0.05) is 25.0 Å². The average Bonchev–Trinajstić information content (AvgIpc) is 2.97. The van der Waals surface area contributed by atoms with Crippen molar-refractivity contribution in [2.75, 3.05) is 11.9 Å². The van der Waals surface area contributed by atoms with Gasteiger partial charge in [-0.05, 0) is 37.6 Å². The van der Waals surface area contributed by atoms with Crippen molar-refractivity contribution in [3.8, 4) is 11.4 Å². The van der Waals surface area contributed by atoms with Crippen LogP contribution in [0.5, 0.6) is 0 Å². The van der Waals surface area contributed by atoms with E-state index in [4.69, 9.17) is 4.74 Å². The van der Waals surface area contributed by atoms with Gasteiger partial charge < -0.3 is 10.1 Å². The number of carbonyl (C=O) groups excluding carboxylic acids is 1. The molecule has 0 fully saturated rings. The van der Waals surface area contributed by atoms with Gasteiger partial charge >= 0.3 is 5.97 Å². The van der Waals surface area contributed by atoms with Crippen molar-refractivity contribution in [2.45, 2.75) is 13.8 Å². The van der Waals surface area contributed by atoms with E-state index in [0.29, 0.717) is 29.6 Å². The number of carbonyl (C=O) groups is 1. The molecule has 0 bridgehead atoms. The van der Waals surface area contributed by atoms with Crippen LogP contribution in [0.2, 0.25) is 0 Å². The van der Waals surface area contributed by atoms with E-state index in [0.717, 1.165) is 11.3 Å². The van der Waals surface area contributed by atoms with Crippen molar-refractivity contribution in [1.82, 2.24) is 19.7 Å². The number of ether oxygens (including phenoxy) is 1. The summed E-state index contributed by atoms with van der Waals surface area (Å²) in [4.78, 5) is 20.6. The molecule has 0 aliphatic carbocycles. The second-order valence-electron chi connectivity index (χ2n) is 5.52. The SMILES string of the molecule is CCOC(=O)c1cc(-c2ccnc(Nc3cccc(C)c3)n2)nn1C. The number of hydrogen-bond acceptors (Lipinski definition) is 6. The average molecular weight is 337 g/mol. The molecule has 128 valence electrons. The van der Waals surface area contributed by atoms with Gasteiger partial charge in [-0.1, -0.05) is 12.1 Å². The van der Waals surface area contributed by atoms with E-state index >= 15 is 0 Å². The van der Waals surface area contributed by atoms with E-state index in [-0.39, 0.29) is 0 Å². The van der Waals surface area contributed by atoms with Crippen molar-refractivity contribution in [3.05, 3.63) is 53.9 Å². The van der Waals surface area contributed by atoms with Gasteiger partial charge in [0.1, 0.15) is 11.4 Å². The Morgan fingerprint density at radius 2 is 2.08 bits per heavy atom. The fourth-order valence-electron chi connectivity index (χ4n) is 2.40. The van der Waals surface area contributed by atoms with Gasteiger partial charge in [0.15, 0.2) is 0 Å². The largest absolute Gasteiger partial charge is 0.461 e. The zero-order valence-electron chi connectivity index (χ0n) is 14.4. The second-order valence-corrected chi connectivity index (χ2v) is 5.52. The molecule has 0 radical (unpaired) electrons. The second kappa shape index (κ2) is 7.12. The lowest BCUT2D eigenvalue weighted by Crippen LogP contribution is -2.10. The van der Waals surface area contributed by atoms with Gasteiger partial charge in [0.2, 0.25) is 5.95 Å². The van der Waals surface area contributed by atoms with Crippen LogP contribution in [0, 0.1) is 6.92 Å². The molecule has 7 heteroatoms. The number of hydrogen-bond donors (Lipinski definition) is 1. The van der Waals surface area contributed by atoms with E-state index in [1.807, 2.05) is 31.2 Å². The third-order valence-corrected chi connectivity index (χ3v) is 3.56. The normalized spacial score (nSPS) is 10.5. The molecule has 0 amide bonds. The number of aryl methyl sites for hydroxylation is 2. The highest BCUT2D eigenvalue weighted by atomic mass is 16.5. The summed E-state index contributed by atoms with van der Waals surface area (Å²) in [6.45, 7) is 4.10. The van der Waals surface area contributed by atoms with E-state index in [2.05, 4.69) is 20.4 Å². The fourth-order valence-corrected chi connectivity index (χ4v) is 2.40. The van der Waals surface area contributed by atoms with Crippen LogP contribution in [0.15, 0.2) is 42.6 Å². The fraction of sp³-hybridized carbons (Fsp3) is 0.222. The number of nitrogens with zero attached hydrogens (tertiary/aromatic N) is 4. The lowest BCUT2D eigenvalue weighted by Gasteiger charge is -2.06. The molecule has 0 saturated carbocycles. The van der Waals surface area contributed by atoms with Crippen molar-refractivity contribution >= 4 is 17.6 Å². The van der Waals surface area contributed by atoms with Crippen LogP contribution in [0.3, 0.4) is 0 Å². The molecule has 0 unspecified atom stereocenters. The highest BCUT2D eigenvalue weighted by Gasteiger charge is 2.16. The number of benzene rings is 1. The first-order valence-electron chi connectivity index (χ1n) is 7.95.